The van der Waals surface area contributed by atoms with Crippen molar-refractivity contribution < 1.29 is 30.0 Å². The van der Waals surface area contributed by atoms with E-state index >= 15 is 0 Å². The average molecular weight is 667 g/mol. The molecule has 0 unspecified atom stereocenters. The van der Waals surface area contributed by atoms with Crippen LogP contribution in [0.1, 0.15) is 101 Å². The van der Waals surface area contributed by atoms with Gasteiger partial charge in [-0.3, -0.25) is 9.97 Å². The molecular formula is C30H40IrN3O2-. The molecule has 0 bridgehead atoms. The number of aryl methyl sites for hydroxylation is 1. The van der Waals surface area contributed by atoms with Gasteiger partial charge >= 0.3 is 5.97 Å². The summed E-state index contributed by atoms with van der Waals surface area (Å²) < 4.78 is 0. The molecule has 0 amide bonds. The van der Waals surface area contributed by atoms with Crippen molar-refractivity contribution in [2.75, 3.05) is 0 Å². The van der Waals surface area contributed by atoms with E-state index in [4.69, 9.17) is 5.11 Å². The number of carboxylic acids is 1. The van der Waals surface area contributed by atoms with Crippen LogP contribution < -0.4 is 0 Å². The number of carboxylic acid groups (broad SMARTS) is 1. The van der Waals surface area contributed by atoms with Crippen molar-refractivity contribution >= 4 is 5.97 Å². The fourth-order valence-corrected chi connectivity index (χ4v) is 3.61. The fourth-order valence-electron chi connectivity index (χ4n) is 3.61. The van der Waals surface area contributed by atoms with Crippen molar-refractivity contribution in [2.24, 2.45) is 0 Å². The smallest absolute Gasteiger partial charge is 0.354 e. The number of hydrogen-bond donors (Lipinski definition) is 1. The Morgan fingerprint density at radius 2 is 1.53 bits per heavy atom. The zero-order valence-corrected chi connectivity index (χ0v) is 24.5. The van der Waals surface area contributed by atoms with Crippen LogP contribution in [0.2, 0.25) is 0 Å². The van der Waals surface area contributed by atoms with Gasteiger partial charge < -0.3 is 5.11 Å². The first-order chi connectivity index (χ1) is 16.8. The summed E-state index contributed by atoms with van der Waals surface area (Å²) in [5, 5.41) is 8.32. The molecular weight excluding hydrogens is 627 g/mol. The van der Waals surface area contributed by atoms with Crippen molar-refractivity contribution in [3.63, 3.8) is 0 Å². The summed E-state index contributed by atoms with van der Waals surface area (Å²) in [6.45, 7) is 8.91. The summed E-state index contributed by atoms with van der Waals surface area (Å²) in [6, 6.07) is 14.4. The van der Waals surface area contributed by atoms with Crippen LogP contribution in [-0.4, -0.2) is 26.0 Å². The molecule has 0 saturated carbocycles. The molecule has 6 heteroatoms. The molecule has 0 atom stereocenters. The minimum Gasteiger partial charge on any atom is -0.477 e. The molecule has 0 saturated heterocycles. The molecule has 2 heterocycles. The van der Waals surface area contributed by atoms with Gasteiger partial charge in [-0.15, -0.1) is 35.4 Å². The topological polar surface area (TPSA) is 76.0 Å². The number of aromatic nitrogens is 3. The zero-order valence-electron chi connectivity index (χ0n) is 22.1. The molecule has 3 rings (SSSR count). The van der Waals surface area contributed by atoms with E-state index < -0.39 is 5.97 Å². The second-order valence-electron chi connectivity index (χ2n) is 9.90. The molecule has 0 aliphatic carbocycles. The van der Waals surface area contributed by atoms with Crippen LogP contribution >= 0.6 is 0 Å². The fraction of sp³-hybridized carbons (Fsp3) is 0.467. The van der Waals surface area contributed by atoms with E-state index in [0.717, 1.165) is 17.8 Å². The molecule has 5 nitrogen and oxygen atoms in total. The third-order valence-corrected chi connectivity index (χ3v) is 5.83. The standard InChI is InChI=1S/C24H35N2.C6H5NO2.Ir/c1-5-6-7-8-9-10-11-12-13-20-18-25-23(26-19-20)21-14-16-22(17-15-21)24(2,3)4;8-6(9)5-3-1-2-4-7-5;/h14,16-19H,5-13H2,1-4H3;1-4H,(H,8,9);/q-1;;. The number of hydrogen-bond acceptors (Lipinski definition) is 4. The number of benzene rings is 1. The van der Waals surface area contributed by atoms with Gasteiger partial charge in [0.05, 0.1) is 5.82 Å². The second-order valence-corrected chi connectivity index (χ2v) is 9.90. The largest absolute Gasteiger partial charge is 0.477 e. The van der Waals surface area contributed by atoms with E-state index in [0.29, 0.717) is 0 Å². The van der Waals surface area contributed by atoms with E-state index in [-0.39, 0.29) is 31.2 Å². The SMILES string of the molecule is CCCCCCCCCCc1cnc(-c2[c-]cc(C(C)(C)C)cc2)nc1.O=C(O)c1ccccn1.[Ir]. The molecule has 0 aliphatic rings. The predicted octanol–water partition coefficient (Wildman–Crippen LogP) is 7.70. The van der Waals surface area contributed by atoms with Gasteiger partial charge in [-0.1, -0.05) is 78.7 Å². The monoisotopic (exact) mass is 667 g/mol. The van der Waals surface area contributed by atoms with E-state index in [2.05, 4.69) is 66.9 Å². The summed E-state index contributed by atoms with van der Waals surface area (Å²) in [5.74, 6) is -0.222. The van der Waals surface area contributed by atoms with Gasteiger partial charge in [0.25, 0.3) is 0 Å². The molecule has 1 radical (unpaired) electrons. The predicted molar refractivity (Wildman–Crippen MR) is 143 cm³/mol. The van der Waals surface area contributed by atoms with Gasteiger partial charge in [0.2, 0.25) is 0 Å². The Kier molecular flexibility index (Phi) is 15.0. The molecule has 36 heavy (non-hydrogen) atoms. The Morgan fingerprint density at radius 1 is 0.889 bits per heavy atom. The third kappa shape index (κ3) is 12.0. The van der Waals surface area contributed by atoms with Gasteiger partial charge in [-0.25, -0.2) is 9.78 Å². The molecule has 1 aromatic carbocycles. The Hall–Kier alpha value is -2.43. The minimum atomic E-state index is -0.990. The maximum atomic E-state index is 10.1. The molecule has 1 N–H and O–H groups in total. The molecule has 2 aromatic heterocycles. The number of nitrogens with zero attached hydrogens (tertiary/aromatic N) is 3. The molecule has 0 fully saturated rings. The van der Waals surface area contributed by atoms with Gasteiger partial charge in [0.1, 0.15) is 5.69 Å². The van der Waals surface area contributed by atoms with E-state index in [1.54, 1.807) is 12.1 Å². The van der Waals surface area contributed by atoms with Gasteiger partial charge in [0, 0.05) is 38.7 Å². The van der Waals surface area contributed by atoms with Crippen LogP contribution in [0.25, 0.3) is 11.4 Å². The summed E-state index contributed by atoms with van der Waals surface area (Å²) in [7, 11) is 0. The maximum absolute atomic E-state index is 10.1. The first-order valence-corrected chi connectivity index (χ1v) is 12.8. The zero-order chi connectivity index (χ0) is 25.5. The van der Waals surface area contributed by atoms with E-state index in [1.807, 2.05) is 12.4 Å². The maximum Gasteiger partial charge on any atom is 0.354 e. The van der Waals surface area contributed by atoms with Crippen LogP contribution in [0.4, 0.5) is 0 Å². The molecule has 0 aliphatic heterocycles. The van der Waals surface area contributed by atoms with Crippen molar-refractivity contribution in [1.82, 2.24) is 15.0 Å². The van der Waals surface area contributed by atoms with Crippen LogP contribution in [0.5, 0.6) is 0 Å². The first-order valence-electron chi connectivity index (χ1n) is 12.8. The van der Waals surface area contributed by atoms with Crippen molar-refractivity contribution in [3.05, 3.63) is 77.9 Å². The molecule has 197 valence electrons. The van der Waals surface area contributed by atoms with Gasteiger partial charge in [-0.05, 0) is 36.0 Å². The normalized spacial score (nSPS) is 10.7. The van der Waals surface area contributed by atoms with Crippen molar-refractivity contribution in [1.29, 1.82) is 0 Å². The Bertz CT molecular complexity index is 985. The quantitative estimate of drug-likeness (QED) is 0.168. The Labute approximate surface area is 230 Å². The number of rotatable bonds is 11. The number of aromatic carboxylic acids is 1. The van der Waals surface area contributed by atoms with Crippen molar-refractivity contribution in [3.8, 4) is 11.4 Å². The summed E-state index contributed by atoms with van der Waals surface area (Å²) in [6.07, 6.45) is 17.3. The van der Waals surface area contributed by atoms with Crippen LogP contribution in [0.15, 0.2) is 55.0 Å². The van der Waals surface area contributed by atoms with Crippen LogP contribution in [0.3, 0.4) is 0 Å². The first kappa shape index (κ1) is 31.6. The second kappa shape index (κ2) is 17.1. The number of pyridine rings is 1. The third-order valence-electron chi connectivity index (χ3n) is 5.83. The van der Waals surface area contributed by atoms with Crippen LogP contribution in [0, 0.1) is 6.07 Å². The summed E-state index contributed by atoms with van der Waals surface area (Å²) in [4.78, 5) is 22.8. The van der Waals surface area contributed by atoms with Crippen molar-refractivity contribution in [2.45, 2.75) is 90.9 Å². The summed E-state index contributed by atoms with van der Waals surface area (Å²) >= 11 is 0. The number of unbranched alkanes of at least 4 members (excludes halogenated alkanes) is 7. The molecule has 0 spiro atoms. The Balaban J connectivity index is 0.000000546. The summed E-state index contributed by atoms with van der Waals surface area (Å²) in [5.41, 5.74) is 3.73. The van der Waals surface area contributed by atoms with Crippen LogP contribution in [-0.2, 0) is 31.9 Å². The van der Waals surface area contributed by atoms with E-state index in [9.17, 15) is 4.79 Å². The average Bonchev–Trinajstić information content (AvgIpc) is 2.86. The van der Waals surface area contributed by atoms with E-state index in [1.165, 1.54) is 74.8 Å². The van der Waals surface area contributed by atoms with Gasteiger partial charge in [0.15, 0.2) is 0 Å². The van der Waals surface area contributed by atoms with Gasteiger partial charge in [-0.2, -0.15) is 0 Å². The number of carbonyl (C=O) groups is 1. The minimum absolute atomic E-state index is 0. The Morgan fingerprint density at radius 3 is 2.00 bits per heavy atom. The molecule has 3 aromatic rings.